The van der Waals surface area contributed by atoms with Crippen LogP contribution in [0.15, 0.2) is 41.4 Å². The lowest BCUT2D eigenvalue weighted by molar-refractivity contribution is 0.209. The molecule has 4 heterocycles. The Kier molecular flexibility index (Phi) is 4.42. The highest BCUT2D eigenvalue weighted by atomic mass is 16.3. The molecular weight excluding hydrogens is 316 g/mol. The van der Waals surface area contributed by atoms with Gasteiger partial charge in [0.1, 0.15) is 11.6 Å². The highest BCUT2D eigenvalue weighted by Gasteiger charge is 2.19. The van der Waals surface area contributed by atoms with E-state index in [4.69, 9.17) is 9.40 Å². The van der Waals surface area contributed by atoms with E-state index in [1.54, 1.807) is 6.26 Å². The molecule has 7 heteroatoms. The Labute approximate surface area is 147 Å². The summed E-state index contributed by atoms with van der Waals surface area (Å²) >= 11 is 0. The third-order valence-electron chi connectivity index (χ3n) is 4.53. The van der Waals surface area contributed by atoms with E-state index >= 15 is 0 Å². The van der Waals surface area contributed by atoms with E-state index in [0.29, 0.717) is 0 Å². The molecule has 0 aliphatic carbocycles. The van der Waals surface area contributed by atoms with Gasteiger partial charge < -0.3 is 8.98 Å². The molecule has 3 aromatic heterocycles. The molecular formula is C18H24N6O. The molecule has 0 radical (unpaired) electrons. The van der Waals surface area contributed by atoms with E-state index in [9.17, 15) is 0 Å². The zero-order valence-electron chi connectivity index (χ0n) is 14.8. The van der Waals surface area contributed by atoms with Gasteiger partial charge in [-0.25, -0.2) is 4.98 Å². The van der Waals surface area contributed by atoms with Gasteiger partial charge in [0.2, 0.25) is 0 Å². The Balaban J connectivity index is 1.36. The summed E-state index contributed by atoms with van der Waals surface area (Å²) in [5, 5.41) is 4.25. The average Bonchev–Trinajstić information content (AvgIpc) is 3.28. The quantitative estimate of drug-likeness (QED) is 0.685. The smallest absolute Gasteiger partial charge is 0.123 e. The first-order valence-electron chi connectivity index (χ1n) is 8.61. The van der Waals surface area contributed by atoms with Gasteiger partial charge >= 0.3 is 0 Å². The molecule has 3 aromatic rings. The Morgan fingerprint density at radius 3 is 2.92 bits per heavy atom. The lowest BCUT2D eigenvalue weighted by Gasteiger charge is -2.26. The molecule has 0 atom stereocenters. The summed E-state index contributed by atoms with van der Waals surface area (Å²) in [5.74, 6) is 2.13. The van der Waals surface area contributed by atoms with Crippen LogP contribution in [0, 0.1) is 0 Å². The lowest BCUT2D eigenvalue weighted by Crippen LogP contribution is -2.33. The Morgan fingerprint density at radius 1 is 1.24 bits per heavy atom. The summed E-state index contributed by atoms with van der Waals surface area (Å²) < 4.78 is 9.56. The van der Waals surface area contributed by atoms with Crippen molar-refractivity contribution in [2.24, 2.45) is 7.05 Å². The molecule has 25 heavy (non-hydrogen) atoms. The van der Waals surface area contributed by atoms with E-state index in [0.717, 1.165) is 56.5 Å². The zero-order chi connectivity index (χ0) is 17.2. The van der Waals surface area contributed by atoms with Gasteiger partial charge in [-0.05, 0) is 19.2 Å². The van der Waals surface area contributed by atoms with Crippen LogP contribution in [0.2, 0.25) is 0 Å². The number of hydrogen-bond acceptors (Lipinski definition) is 5. The Morgan fingerprint density at radius 2 is 2.16 bits per heavy atom. The van der Waals surface area contributed by atoms with Crippen molar-refractivity contribution in [3.63, 3.8) is 0 Å². The average molecular weight is 340 g/mol. The van der Waals surface area contributed by atoms with Crippen LogP contribution in [0.5, 0.6) is 0 Å². The number of hydrogen-bond donors (Lipinski definition) is 0. The highest BCUT2D eigenvalue weighted by Crippen LogP contribution is 2.16. The molecule has 7 nitrogen and oxygen atoms in total. The van der Waals surface area contributed by atoms with Gasteiger partial charge in [-0.2, -0.15) is 5.10 Å². The molecule has 1 aliphatic rings. The van der Waals surface area contributed by atoms with Crippen LogP contribution in [-0.2, 0) is 39.8 Å². The summed E-state index contributed by atoms with van der Waals surface area (Å²) in [5.41, 5.74) is 2.37. The number of furan rings is 1. The minimum Gasteiger partial charge on any atom is -0.468 e. The predicted molar refractivity (Wildman–Crippen MR) is 93.4 cm³/mol. The molecule has 4 rings (SSSR count). The van der Waals surface area contributed by atoms with Crippen molar-refractivity contribution < 1.29 is 4.42 Å². The van der Waals surface area contributed by atoms with Crippen LogP contribution < -0.4 is 0 Å². The summed E-state index contributed by atoms with van der Waals surface area (Å²) in [6.45, 7) is 5.46. The van der Waals surface area contributed by atoms with Crippen LogP contribution in [-0.4, -0.2) is 42.7 Å². The molecule has 1 aliphatic heterocycles. The third-order valence-corrected chi connectivity index (χ3v) is 4.53. The van der Waals surface area contributed by atoms with Crippen molar-refractivity contribution in [2.75, 3.05) is 13.6 Å². The van der Waals surface area contributed by atoms with E-state index in [2.05, 4.69) is 38.9 Å². The molecule has 0 aromatic carbocycles. The fraction of sp³-hybridized carbons (Fsp3) is 0.444. The summed E-state index contributed by atoms with van der Waals surface area (Å²) in [6.07, 6.45) is 7.93. The second-order valence-electron chi connectivity index (χ2n) is 6.83. The second-order valence-corrected chi connectivity index (χ2v) is 6.83. The number of aromatic nitrogens is 4. The van der Waals surface area contributed by atoms with Crippen LogP contribution >= 0.6 is 0 Å². The summed E-state index contributed by atoms with van der Waals surface area (Å²) in [4.78, 5) is 9.49. The van der Waals surface area contributed by atoms with E-state index < -0.39 is 0 Å². The van der Waals surface area contributed by atoms with Crippen molar-refractivity contribution in [1.82, 2.24) is 29.1 Å². The van der Waals surface area contributed by atoms with E-state index in [1.165, 1.54) is 5.56 Å². The van der Waals surface area contributed by atoms with Crippen LogP contribution in [0.4, 0.5) is 0 Å². The maximum atomic E-state index is 5.41. The Hall–Kier alpha value is -2.38. The summed E-state index contributed by atoms with van der Waals surface area (Å²) in [7, 11) is 4.05. The van der Waals surface area contributed by atoms with Crippen molar-refractivity contribution >= 4 is 0 Å². The number of aryl methyl sites for hydroxylation is 1. The second kappa shape index (κ2) is 6.85. The molecule has 0 fully saturated rings. The third kappa shape index (κ3) is 3.83. The predicted octanol–water partition coefficient (Wildman–Crippen LogP) is 1.86. The van der Waals surface area contributed by atoms with Crippen LogP contribution in [0.3, 0.4) is 0 Å². The molecule has 0 amide bonds. The maximum absolute atomic E-state index is 5.41. The number of fused-ring (bicyclic) bond motifs is 1. The van der Waals surface area contributed by atoms with Gasteiger partial charge in [0.15, 0.2) is 0 Å². The van der Waals surface area contributed by atoms with Gasteiger partial charge in [0.05, 0.1) is 31.2 Å². The standard InChI is InChI=1S/C18H24N6O/c1-21(13-17-4-3-7-25-17)11-16-12-24-6-5-23(14-18(24)20-16)10-15-8-19-22(2)9-15/h3-4,7-9,12H,5-6,10-11,13-14H2,1-2H3. The molecule has 0 N–H and O–H groups in total. The number of nitrogens with zero attached hydrogens (tertiary/aromatic N) is 6. The molecule has 132 valence electrons. The molecule has 0 spiro atoms. The monoisotopic (exact) mass is 340 g/mol. The van der Waals surface area contributed by atoms with Gasteiger partial charge in [0.25, 0.3) is 0 Å². The van der Waals surface area contributed by atoms with Gasteiger partial charge in [-0.15, -0.1) is 0 Å². The van der Waals surface area contributed by atoms with Crippen molar-refractivity contribution in [1.29, 1.82) is 0 Å². The van der Waals surface area contributed by atoms with Gasteiger partial charge in [-0.3, -0.25) is 14.5 Å². The molecule has 0 bridgehead atoms. The first-order valence-corrected chi connectivity index (χ1v) is 8.61. The first-order chi connectivity index (χ1) is 12.2. The zero-order valence-corrected chi connectivity index (χ0v) is 14.8. The minimum atomic E-state index is 0.794. The van der Waals surface area contributed by atoms with Gasteiger partial charge in [0, 0.05) is 51.2 Å². The highest BCUT2D eigenvalue weighted by molar-refractivity contribution is 5.09. The topological polar surface area (TPSA) is 55.3 Å². The minimum absolute atomic E-state index is 0.794. The van der Waals surface area contributed by atoms with Crippen LogP contribution in [0.1, 0.15) is 22.8 Å². The first kappa shape index (κ1) is 16.1. The lowest BCUT2D eigenvalue weighted by atomic mass is 10.3. The molecule has 0 unspecified atom stereocenters. The number of imidazole rings is 1. The molecule has 0 saturated heterocycles. The van der Waals surface area contributed by atoms with Crippen molar-refractivity contribution in [3.8, 4) is 0 Å². The van der Waals surface area contributed by atoms with Crippen molar-refractivity contribution in [3.05, 3.63) is 59.8 Å². The van der Waals surface area contributed by atoms with Crippen molar-refractivity contribution in [2.45, 2.75) is 32.7 Å². The largest absolute Gasteiger partial charge is 0.468 e. The fourth-order valence-electron chi connectivity index (χ4n) is 3.39. The Bertz CT molecular complexity index is 819. The van der Waals surface area contributed by atoms with Crippen LogP contribution in [0.25, 0.3) is 0 Å². The summed E-state index contributed by atoms with van der Waals surface area (Å²) in [6, 6.07) is 3.93. The van der Waals surface area contributed by atoms with E-state index in [-0.39, 0.29) is 0 Å². The fourth-order valence-corrected chi connectivity index (χ4v) is 3.39. The maximum Gasteiger partial charge on any atom is 0.123 e. The SMILES string of the molecule is CN(Cc1cn2c(n1)CN(Cc1cnn(C)c1)CC2)Cc1ccco1. The molecule has 0 saturated carbocycles. The van der Waals surface area contributed by atoms with E-state index in [1.807, 2.05) is 30.1 Å². The van der Waals surface area contributed by atoms with Gasteiger partial charge in [-0.1, -0.05) is 0 Å². The number of rotatable bonds is 6. The normalized spacial score (nSPS) is 15.0.